The van der Waals surface area contributed by atoms with Crippen molar-refractivity contribution in [3.8, 4) is 0 Å². The van der Waals surface area contributed by atoms with Gasteiger partial charge in [-0.05, 0) is 5.92 Å². The molecule has 0 aromatic rings. The number of rotatable bonds is 6. The van der Waals surface area contributed by atoms with Crippen LogP contribution in [-0.2, 0) is 19.1 Å². The molecule has 1 aliphatic heterocycles. The lowest BCUT2D eigenvalue weighted by Gasteiger charge is -2.21. The Kier molecular flexibility index (Phi) is 7.65. The smallest absolute Gasteiger partial charge is 0.310 e. The first-order valence-corrected chi connectivity index (χ1v) is 7.32. The van der Waals surface area contributed by atoms with Gasteiger partial charge in [0.15, 0.2) is 5.96 Å². The van der Waals surface area contributed by atoms with E-state index in [4.69, 9.17) is 9.47 Å². The van der Waals surface area contributed by atoms with Gasteiger partial charge in [0.2, 0.25) is 5.91 Å². The first kappa shape index (κ1) is 18.2. The van der Waals surface area contributed by atoms with Crippen molar-refractivity contribution in [1.82, 2.24) is 15.5 Å². The Bertz CT molecular complexity index is 414. The van der Waals surface area contributed by atoms with Crippen molar-refractivity contribution < 1.29 is 19.1 Å². The van der Waals surface area contributed by atoms with E-state index in [0.29, 0.717) is 32.2 Å². The average Bonchev–Trinajstić information content (AvgIpc) is 2.89. The number of esters is 1. The molecule has 0 spiro atoms. The van der Waals surface area contributed by atoms with Gasteiger partial charge in [-0.1, -0.05) is 6.92 Å². The molecule has 0 aromatic heterocycles. The molecule has 1 fully saturated rings. The summed E-state index contributed by atoms with van der Waals surface area (Å²) in [4.78, 5) is 29.5. The van der Waals surface area contributed by atoms with Crippen molar-refractivity contribution in [2.75, 3.05) is 54.1 Å². The van der Waals surface area contributed by atoms with E-state index in [9.17, 15) is 9.59 Å². The van der Waals surface area contributed by atoms with E-state index in [1.807, 2.05) is 11.8 Å². The highest BCUT2D eigenvalue weighted by atomic mass is 16.5. The lowest BCUT2D eigenvalue weighted by Crippen LogP contribution is -2.45. The summed E-state index contributed by atoms with van der Waals surface area (Å²) in [6.45, 7) is 4.33. The zero-order chi connectivity index (χ0) is 16.5. The maximum atomic E-state index is 11.7. The standard InChI is InChI=1S/C14H26N4O4/c1-10-8-18(9-11(10)13(20)22-4)14(15-2)17-7-12(19)16-5-6-21-3/h10-11H,5-9H2,1-4H3,(H,15,17)(H,16,19). The highest BCUT2D eigenvalue weighted by Crippen LogP contribution is 2.23. The van der Waals surface area contributed by atoms with E-state index >= 15 is 0 Å². The van der Waals surface area contributed by atoms with Gasteiger partial charge in [-0.3, -0.25) is 14.6 Å². The molecule has 2 atom stereocenters. The summed E-state index contributed by atoms with van der Waals surface area (Å²) in [6, 6.07) is 0. The van der Waals surface area contributed by atoms with E-state index in [1.165, 1.54) is 7.11 Å². The average molecular weight is 314 g/mol. The first-order valence-electron chi connectivity index (χ1n) is 7.32. The fourth-order valence-corrected chi connectivity index (χ4v) is 2.44. The molecule has 0 saturated carbocycles. The lowest BCUT2D eigenvalue weighted by atomic mass is 9.99. The molecule has 0 bridgehead atoms. The predicted molar refractivity (Wildman–Crippen MR) is 82.5 cm³/mol. The third-order valence-corrected chi connectivity index (χ3v) is 3.66. The van der Waals surface area contributed by atoms with Crippen LogP contribution < -0.4 is 10.6 Å². The van der Waals surface area contributed by atoms with Crippen molar-refractivity contribution in [3.05, 3.63) is 0 Å². The van der Waals surface area contributed by atoms with Crippen LogP contribution in [0.25, 0.3) is 0 Å². The van der Waals surface area contributed by atoms with Gasteiger partial charge >= 0.3 is 5.97 Å². The summed E-state index contributed by atoms with van der Waals surface area (Å²) in [5, 5.41) is 5.73. The molecule has 8 heteroatoms. The zero-order valence-electron chi connectivity index (χ0n) is 13.7. The van der Waals surface area contributed by atoms with Gasteiger partial charge < -0.3 is 25.0 Å². The molecular formula is C14H26N4O4. The Morgan fingerprint density at radius 3 is 2.59 bits per heavy atom. The van der Waals surface area contributed by atoms with Gasteiger partial charge in [-0.25, -0.2) is 0 Å². The number of ether oxygens (including phenoxy) is 2. The van der Waals surface area contributed by atoms with Gasteiger partial charge in [-0.15, -0.1) is 0 Å². The largest absolute Gasteiger partial charge is 0.469 e. The summed E-state index contributed by atoms with van der Waals surface area (Å²) in [5.41, 5.74) is 0. The Labute approximate surface area is 131 Å². The number of aliphatic imine (C=N–C) groups is 1. The monoisotopic (exact) mass is 314 g/mol. The van der Waals surface area contributed by atoms with Crippen LogP contribution in [0.1, 0.15) is 6.92 Å². The molecule has 2 unspecified atom stereocenters. The molecular weight excluding hydrogens is 288 g/mol. The van der Waals surface area contributed by atoms with Gasteiger partial charge in [0.05, 0.1) is 26.2 Å². The predicted octanol–water partition coefficient (Wildman–Crippen LogP) is -0.935. The van der Waals surface area contributed by atoms with E-state index in [1.54, 1.807) is 14.2 Å². The van der Waals surface area contributed by atoms with Crippen LogP contribution in [0.4, 0.5) is 0 Å². The van der Waals surface area contributed by atoms with Crippen LogP contribution in [-0.4, -0.2) is 76.8 Å². The van der Waals surface area contributed by atoms with Crippen molar-refractivity contribution in [3.63, 3.8) is 0 Å². The molecule has 1 rings (SSSR count). The molecule has 0 aromatic carbocycles. The van der Waals surface area contributed by atoms with Crippen LogP contribution in [0.2, 0.25) is 0 Å². The van der Waals surface area contributed by atoms with Crippen molar-refractivity contribution in [1.29, 1.82) is 0 Å². The maximum Gasteiger partial charge on any atom is 0.310 e. The highest BCUT2D eigenvalue weighted by Gasteiger charge is 2.36. The third-order valence-electron chi connectivity index (χ3n) is 3.66. The van der Waals surface area contributed by atoms with E-state index < -0.39 is 0 Å². The summed E-state index contributed by atoms with van der Waals surface area (Å²) in [6.07, 6.45) is 0. The second kappa shape index (κ2) is 9.24. The minimum absolute atomic E-state index is 0.129. The number of methoxy groups -OCH3 is 2. The second-order valence-electron chi connectivity index (χ2n) is 5.26. The van der Waals surface area contributed by atoms with Gasteiger partial charge in [0.1, 0.15) is 0 Å². The fraction of sp³-hybridized carbons (Fsp3) is 0.786. The van der Waals surface area contributed by atoms with Crippen LogP contribution in [0.3, 0.4) is 0 Å². The fourth-order valence-electron chi connectivity index (χ4n) is 2.44. The molecule has 1 heterocycles. The van der Waals surface area contributed by atoms with Gasteiger partial charge in [0.25, 0.3) is 0 Å². The molecule has 1 amide bonds. The highest BCUT2D eigenvalue weighted by molar-refractivity contribution is 5.87. The number of amides is 1. The van der Waals surface area contributed by atoms with E-state index in [0.717, 1.165) is 0 Å². The number of guanidine groups is 1. The zero-order valence-corrected chi connectivity index (χ0v) is 13.7. The van der Waals surface area contributed by atoms with Crippen molar-refractivity contribution in [2.24, 2.45) is 16.8 Å². The third kappa shape index (κ3) is 5.18. The Balaban J connectivity index is 2.45. The maximum absolute atomic E-state index is 11.7. The number of nitrogens with one attached hydrogen (secondary N) is 2. The van der Waals surface area contributed by atoms with Crippen LogP contribution in [0.5, 0.6) is 0 Å². The number of hydrogen-bond donors (Lipinski definition) is 2. The molecule has 1 aliphatic rings. The first-order chi connectivity index (χ1) is 10.5. The summed E-state index contributed by atoms with van der Waals surface area (Å²) in [7, 11) is 4.63. The minimum atomic E-state index is -0.206. The quantitative estimate of drug-likeness (QED) is 0.285. The molecule has 8 nitrogen and oxygen atoms in total. The number of carbonyl (C=O) groups is 2. The van der Waals surface area contributed by atoms with Crippen molar-refractivity contribution in [2.45, 2.75) is 6.92 Å². The van der Waals surface area contributed by atoms with Crippen molar-refractivity contribution >= 4 is 17.8 Å². The Morgan fingerprint density at radius 1 is 1.27 bits per heavy atom. The normalized spacial score (nSPS) is 21.6. The van der Waals surface area contributed by atoms with Crippen LogP contribution >= 0.6 is 0 Å². The molecule has 1 saturated heterocycles. The topological polar surface area (TPSA) is 92.3 Å². The van der Waals surface area contributed by atoms with Crippen LogP contribution in [0.15, 0.2) is 4.99 Å². The van der Waals surface area contributed by atoms with Crippen LogP contribution in [0, 0.1) is 11.8 Å². The lowest BCUT2D eigenvalue weighted by molar-refractivity contribution is -0.146. The number of nitrogens with zero attached hydrogens (tertiary/aromatic N) is 2. The van der Waals surface area contributed by atoms with E-state index in [-0.39, 0.29) is 30.3 Å². The summed E-state index contributed by atoms with van der Waals surface area (Å²) < 4.78 is 9.68. The molecule has 22 heavy (non-hydrogen) atoms. The summed E-state index contributed by atoms with van der Waals surface area (Å²) >= 11 is 0. The number of likely N-dealkylation sites (tertiary alicyclic amines) is 1. The second-order valence-corrected chi connectivity index (χ2v) is 5.26. The SMILES string of the molecule is CN=C(NCC(=O)NCCOC)N1CC(C)C(C(=O)OC)C1. The van der Waals surface area contributed by atoms with E-state index in [2.05, 4.69) is 15.6 Å². The molecule has 2 N–H and O–H groups in total. The molecule has 126 valence electrons. The van der Waals surface area contributed by atoms with Gasteiger partial charge in [0, 0.05) is 33.8 Å². The number of carbonyl (C=O) groups excluding carboxylic acids is 2. The van der Waals surface area contributed by atoms with Gasteiger partial charge in [-0.2, -0.15) is 0 Å². The Hall–Kier alpha value is -1.83. The summed E-state index contributed by atoms with van der Waals surface area (Å²) in [5.74, 6) is 0.290. The molecule has 0 radical (unpaired) electrons. The minimum Gasteiger partial charge on any atom is -0.469 e. The molecule has 0 aliphatic carbocycles. The Morgan fingerprint density at radius 2 is 2.00 bits per heavy atom. The number of hydrogen-bond acceptors (Lipinski definition) is 5.